The Labute approximate surface area is 112 Å². The molecule has 2 fully saturated rings. The lowest BCUT2D eigenvalue weighted by Gasteiger charge is -2.21. The Hall–Kier alpha value is -0.640. The summed E-state index contributed by atoms with van der Waals surface area (Å²) in [5.74, 6) is -0.329. The SMILES string of the molecule is Fc1cc(CNC2CCN3CCCC23)ccc1Cl. The van der Waals surface area contributed by atoms with Crippen LogP contribution in [0.1, 0.15) is 24.8 Å². The van der Waals surface area contributed by atoms with Crippen LogP contribution in [0.15, 0.2) is 18.2 Å². The summed E-state index contributed by atoms with van der Waals surface area (Å²) < 4.78 is 13.3. The number of hydrogen-bond donors (Lipinski definition) is 1. The second kappa shape index (κ2) is 5.16. The monoisotopic (exact) mass is 268 g/mol. The molecule has 2 atom stereocenters. The summed E-state index contributed by atoms with van der Waals surface area (Å²) >= 11 is 5.68. The molecule has 0 radical (unpaired) electrons. The molecule has 1 aromatic rings. The molecule has 2 nitrogen and oxygen atoms in total. The van der Waals surface area contributed by atoms with Crippen LogP contribution in [0.3, 0.4) is 0 Å². The molecule has 0 spiro atoms. The summed E-state index contributed by atoms with van der Waals surface area (Å²) in [6.45, 7) is 3.18. The number of hydrogen-bond acceptors (Lipinski definition) is 2. The van der Waals surface area contributed by atoms with Crippen LogP contribution in [0, 0.1) is 5.82 Å². The fourth-order valence-electron chi connectivity index (χ4n) is 3.22. The molecule has 4 heteroatoms. The minimum absolute atomic E-state index is 0.196. The number of benzene rings is 1. The van der Waals surface area contributed by atoms with Crippen molar-refractivity contribution in [3.05, 3.63) is 34.6 Å². The standard InChI is InChI=1S/C14H18ClFN2/c15-11-4-3-10(8-12(11)16)9-17-13-5-7-18-6-1-2-14(13)18/h3-4,8,13-14,17H,1-2,5-7,9H2. The lowest BCUT2D eigenvalue weighted by atomic mass is 10.1. The zero-order valence-corrected chi connectivity index (χ0v) is 11.1. The first-order valence-electron chi connectivity index (χ1n) is 6.65. The van der Waals surface area contributed by atoms with E-state index in [1.54, 1.807) is 6.07 Å². The summed E-state index contributed by atoms with van der Waals surface area (Å²) in [5.41, 5.74) is 0.966. The molecule has 0 amide bonds. The number of nitrogens with zero attached hydrogens (tertiary/aromatic N) is 1. The van der Waals surface area contributed by atoms with Crippen LogP contribution >= 0.6 is 11.6 Å². The van der Waals surface area contributed by atoms with Gasteiger partial charge >= 0.3 is 0 Å². The van der Waals surface area contributed by atoms with Crippen molar-refractivity contribution in [2.24, 2.45) is 0 Å². The van der Waals surface area contributed by atoms with E-state index in [1.807, 2.05) is 6.07 Å². The summed E-state index contributed by atoms with van der Waals surface area (Å²) in [5, 5.41) is 3.76. The highest BCUT2D eigenvalue weighted by atomic mass is 35.5. The van der Waals surface area contributed by atoms with Crippen LogP contribution in [-0.4, -0.2) is 30.1 Å². The highest BCUT2D eigenvalue weighted by Crippen LogP contribution is 2.28. The number of fused-ring (bicyclic) bond motifs is 1. The fraction of sp³-hybridized carbons (Fsp3) is 0.571. The third-order valence-electron chi connectivity index (χ3n) is 4.16. The van der Waals surface area contributed by atoms with Crippen molar-refractivity contribution in [2.45, 2.75) is 37.9 Å². The van der Waals surface area contributed by atoms with Gasteiger partial charge in [-0.15, -0.1) is 0 Å². The van der Waals surface area contributed by atoms with Crippen molar-refractivity contribution < 1.29 is 4.39 Å². The molecule has 2 saturated heterocycles. The second-order valence-corrected chi connectivity index (χ2v) is 5.68. The van der Waals surface area contributed by atoms with Gasteiger partial charge in [0.05, 0.1) is 5.02 Å². The minimum Gasteiger partial charge on any atom is -0.308 e. The van der Waals surface area contributed by atoms with E-state index in [0.29, 0.717) is 12.1 Å². The van der Waals surface area contributed by atoms with Crippen LogP contribution in [0.5, 0.6) is 0 Å². The second-order valence-electron chi connectivity index (χ2n) is 5.27. The predicted octanol–water partition coefficient (Wildman–Crippen LogP) is 2.81. The Morgan fingerprint density at radius 2 is 2.22 bits per heavy atom. The molecule has 2 unspecified atom stereocenters. The molecule has 0 aromatic heterocycles. The van der Waals surface area contributed by atoms with Gasteiger partial charge in [0.15, 0.2) is 0 Å². The molecule has 2 heterocycles. The molecule has 1 aromatic carbocycles. The van der Waals surface area contributed by atoms with E-state index < -0.39 is 0 Å². The van der Waals surface area contributed by atoms with Gasteiger partial charge in [-0.25, -0.2) is 4.39 Å². The van der Waals surface area contributed by atoms with Gasteiger partial charge < -0.3 is 5.32 Å². The molecule has 3 rings (SSSR count). The molecule has 98 valence electrons. The van der Waals surface area contributed by atoms with Crippen LogP contribution in [-0.2, 0) is 6.54 Å². The Balaban J connectivity index is 1.59. The largest absolute Gasteiger partial charge is 0.308 e. The first kappa shape index (κ1) is 12.4. The maximum Gasteiger partial charge on any atom is 0.142 e. The van der Waals surface area contributed by atoms with Gasteiger partial charge in [-0.3, -0.25) is 4.90 Å². The van der Waals surface area contributed by atoms with Gasteiger partial charge in [0, 0.05) is 25.2 Å². The number of nitrogens with one attached hydrogen (secondary N) is 1. The van der Waals surface area contributed by atoms with Gasteiger partial charge in [-0.05, 0) is 43.5 Å². The van der Waals surface area contributed by atoms with Crippen LogP contribution in [0.4, 0.5) is 4.39 Å². The van der Waals surface area contributed by atoms with E-state index in [0.717, 1.165) is 12.1 Å². The third kappa shape index (κ3) is 2.40. The fourth-order valence-corrected chi connectivity index (χ4v) is 3.34. The molecule has 0 bridgehead atoms. The van der Waals surface area contributed by atoms with Crippen molar-refractivity contribution in [2.75, 3.05) is 13.1 Å². The maximum atomic E-state index is 13.3. The Bertz CT molecular complexity index is 438. The summed E-state index contributed by atoms with van der Waals surface area (Å²) in [4.78, 5) is 2.57. The first-order valence-corrected chi connectivity index (χ1v) is 7.03. The van der Waals surface area contributed by atoms with Gasteiger partial charge in [0.25, 0.3) is 0 Å². The Morgan fingerprint density at radius 1 is 1.33 bits per heavy atom. The average Bonchev–Trinajstić information content (AvgIpc) is 2.94. The van der Waals surface area contributed by atoms with Crippen LogP contribution in [0.2, 0.25) is 5.02 Å². The highest BCUT2D eigenvalue weighted by Gasteiger charge is 2.36. The lowest BCUT2D eigenvalue weighted by molar-refractivity contribution is 0.298. The normalized spacial score (nSPS) is 27.7. The molecule has 0 aliphatic carbocycles. The molecule has 18 heavy (non-hydrogen) atoms. The van der Waals surface area contributed by atoms with Crippen molar-refractivity contribution >= 4 is 11.6 Å². The van der Waals surface area contributed by atoms with E-state index in [-0.39, 0.29) is 10.8 Å². The molecular formula is C14H18ClFN2. The molecule has 0 saturated carbocycles. The van der Waals surface area contributed by atoms with E-state index in [9.17, 15) is 4.39 Å². The zero-order valence-electron chi connectivity index (χ0n) is 10.3. The third-order valence-corrected chi connectivity index (χ3v) is 4.46. The van der Waals surface area contributed by atoms with E-state index >= 15 is 0 Å². The van der Waals surface area contributed by atoms with Crippen molar-refractivity contribution in [1.82, 2.24) is 10.2 Å². The summed E-state index contributed by atoms with van der Waals surface area (Å²) in [6.07, 6.45) is 3.83. The van der Waals surface area contributed by atoms with Gasteiger partial charge in [0.1, 0.15) is 5.82 Å². The Kier molecular flexibility index (Phi) is 3.55. The zero-order chi connectivity index (χ0) is 12.5. The average molecular weight is 269 g/mol. The summed E-state index contributed by atoms with van der Waals surface area (Å²) in [6, 6.07) is 6.30. The van der Waals surface area contributed by atoms with Gasteiger partial charge in [0.2, 0.25) is 0 Å². The summed E-state index contributed by atoms with van der Waals surface area (Å²) in [7, 11) is 0. The highest BCUT2D eigenvalue weighted by molar-refractivity contribution is 6.30. The lowest BCUT2D eigenvalue weighted by Crippen LogP contribution is -2.38. The Morgan fingerprint density at radius 3 is 3.06 bits per heavy atom. The predicted molar refractivity (Wildman–Crippen MR) is 71.2 cm³/mol. The molecule has 1 N–H and O–H groups in total. The van der Waals surface area contributed by atoms with Gasteiger partial charge in [-0.1, -0.05) is 17.7 Å². The van der Waals surface area contributed by atoms with Crippen molar-refractivity contribution in [3.8, 4) is 0 Å². The van der Waals surface area contributed by atoms with Gasteiger partial charge in [-0.2, -0.15) is 0 Å². The van der Waals surface area contributed by atoms with Crippen LogP contribution in [0.25, 0.3) is 0 Å². The van der Waals surface area contributed by atoms with E-state index in [2.05, 4.69) is 10.2 Å². The molecule has 2 aliphatic heterocycles. The molecule has 2 aliphatic rings. The van der Waals surface area contributed by atoms with E-state index in [1.165, 1.54) is 38.4 Å². The smallest absolute Gasteiger partial charge is 0.142 e. The van der Waals surface area contributed by atoms with Crippen LogP contribution < -0.4 is 5.32 Å². The topological polar surface area (TPSA) is 15.3 Å². The quantitative estimate of drug-likeness (QED) is 0.907. The number of rotatable bonds is 3. The van der Waals surface area contributed by atoms with Crippen molar-refractivity contribution in [1.29, 1.82) is 0 Å². The minimum atomic E-state index is -0.329. The first-order chi connectivity index (χ1) is 8.74. The van der Waals surface area contributed by atoms with E-state index in [4.69, 9.17) is 11.6 Å². The maximum absolute atomic E-state index is 13.3. The number of halogens is 2. The van der Waals surface area contributed by atoms with Crippen molar-refractivity contribution in [3.63, 3.8) is 0 Å². The molecular weight excluding hydrogens is 251 g/mol.